The molecule has 1 aromatic rings. The Morgan fingerprint density at radius 1 is 1.29 bits per heavy atom. The van der Waals surface area contributed by atoms with Crippen LogP contribution < -0.4 is 10.6 Å². The summed E-state index contributed by atoms with van der Waals surface area (Å²) >= 11 is 3.02. The lowest BCUT2D eigenvalue weighted by molar-refractivity contribution is -0.137. The molecule has 0 aromatic heterocycles. The molecule has 1 saturated heterocycles. The summed E-state index contributed by atoms with van der Waals surface area (Å²) in [7, 11) is 0. The van der Waals surface area contributed by atoms with Crippen LogP contribution in [0.15, 0.2) is 22.7 Å². The Kier molecular flexibility index (Phi) is 5.27. The summed E-state index contributed by atoms with van der Waals surface area (Å²) in [4.78, 5) is 12.1. The van der Waals surface area contributed by atoms with Gasteiger partial charge in [0.25, 0.3) is 0 Å². The minimum Gasteiger partial charge on any atom is -0.324 e. The molecular formula is C14H16BrF3N2O. The van der Waals surface area contributed by atoms with Gasteiger partial charge in [-0.25, -0.2) is 0 Å². The summed E-state index contributed by atoms with van der Waals surface area (Å²) in [5.74, 6) is -0.412. The van der Waals surface area contributed by atoms with Gasteiger partial charge >= 0.3 is 6.18 Å². The lowest BCUT2D eigenvalue weighted by Gasteiger charge is -2.18. The third-order valence-electron chi connectivity index (χ3n) is 3.42. The van der Waals surface area contributed by atoms with Crippen LogP contribution in [0, 0.1) is 0 Å². The van der Waals surface area contributed by atoms with Gasteiger partial charge in [0, 0.05) is 4.47 Å². The molecule has 0 bridgehead atoms. The van der Waals surface area contributed by atoms with Crippen molar-refractivity contribution in [3.05, 3.63) is 28.2 Å². The topological polar surface area (TPSA) is 41.1 Å². The smallest absolute Gasteiger partial charge is 0.324 e. The predicted molar refractivity (Wildman–Crippen MR) is 78.0 cm³/mol. The van der Waals surface area contributed by atoms with E-state index in [9.17, 15) is 18.0 Å². The highest BCUT2D eigenvalue weighted by atomic mass is 79.9. The van der Waals surface area contributed by atoms with E-state index in [1.54, 1.807) is 0 Å². The monoisotopic (exact) mass is 364 g/mol. The van der Waals surface area contributed by atoms with Crippen molar-refractivity contribution in [1.82, 2.24) is 5.32 Å². The Hall–Kier alpha value is -1.08. The third-order valence-corrected chi connectivity index (χ3v) is 3.91. The minimum absolute atomic E-state index is 0.207. The number of carbonyl (C=O) groups is 1. The van der Waals surface area contributed by atoms with E-state index in [2.05, 4.69) is 26.6 Å². The highest BCUT2D eigenvalue weighted by Crippen LogP contribution is 2.36. The summed E-state index contributed by atoms with van der Waals surface area (Å²) in [6.45, 7) is 0.713. The van der Waals surface area contributed by atoms with Crippen molar-refractivity contribution in [2.24, 2.45) is 0 Å². The fourth-order valence-electron chi connectivity index (χ4n) is 2.33. The van der Waals surface area contributed by atoms with Gasteiger partial charge in [-0.2, -0.15) is 13.2 Å². The number of amides is 1. The van der Waals surface area contributed by atoms with E-state index in [0.29, 0.717) is 17.4 Å². The van der Waals surface area contributed by atoms with Crippen LogP contribution >= 0.6 is 15.9 Å². The predicted octanol–water partition coefficient (Wildman–Crippen LogP) is 3.94. The van der Waals surface area contributed by atoms with Crippen LogP contribution in [0.4, 0.5) is 18.9 Å². The van der Waals surface area contributed by atoms with Crippen molar-refractivity contribution < 1.29 is 18.0 Å². The first-order valence-electron chi connectivity index (χ1n) is 6.79. The molecule has 1 fully saturated rings. The molecule has 1 aliphatic heterocycles. The van der Waals surface area contributed by atoms with Gasteiger partial charge < -0.3 is 10.6 Å². The number of carbonyl (C=O) groups excluding carboxylic acids is 1. The highest BCUT2D eigenvalue weighted by molar-refractivity contribution is 9.10. The summed E-state index contributed by atoms with van der Waals surface area (Å²) < 4.78 is 39.3. The average molecular weight is 365 g/mol. The van der Waals surface area contributed by atoms with Crippen molar-refractivity contribution in [1.29, 1.82) is 0 Å². The molecule has 7 heteroatoms. The summed E-state index contributed by atoms with van der Waals surface area (Å²) in [6.07, 6.45) is -0.955. The van der Waals surface area contributed by atoms with Crippen molar-refractivity contribution in [3.63, 3.8) is 0 Å². The molecule has 1 amide bonds. The number of nitrogens with one attached hydrogen (secondary N) is 2. The SMILES string of the molecule is O=C(Nc1ccc(Br)cc1C(F)(F)F)C1CCCCCN1. The van der Waals surface area contributed by atoms with Crippen molar-refractivity contribution in [3.8, 4) is 0 Å². The molecule has 0 aliphatic carbocycles. The van der Waals surface area contributed by atoms with Gasteiger partial charge in [0.05, 0.1) is 17.3 Å². The third kappa shape index (κ3) is 4.44. The fraction of sp³-hybridized carbons (Fsp3) is 0.500. The average Bonchev–Trinajstić information content (AvgIpc) is 2.68. The zero-order chi connectivity index (χ0) is 15.5. The van der Waals surface area contributed by atoms with Crippen molar-refractivity contribution >= 4 is 27.5 Å². The summed E-state index contributed by atoms with van der Waals surface area (Å²) in [5.41, 5.74) is -1.06. The molecule has 1 aliphatic rings. The molecule has 0 radical (unpaired) electrons. The molecule has 1 heterocycles. The number of halogens is 4. The second-order valence-electron chi connectivity index (χ2n) is 5.03. The molecule has 1 unspecified atom stereocenters. The maximum atomic E-state index is 13.0. The first-order valence-corrected chi connectivity index (χ1v) is 7.58. The van der Waals surface area contributed by atoms with E-state index in [0.717, 1.165) is 25.3 Å². The second kappa shape index (κ2) is 6.79. The first-order chi connectivity index (χ1) is 9.88. The Labute approximate surface area is 129 Å². The van der Waals surface area contributed by atoms with Crippen molar-refractivity contribution in [2.75, 3.05) is 11.9 Å². The Bertz CT molecular complexity index is 511. The van der Waals surface area contributed by atoms with Crippen LogP contribution in [0.2, 0.25) is 0 Å². The molecule has 1 atom stereocenters. The lowest BCUT2D eigenvalue weighted by atomic mass is 10.1. The minimum atomic E-state index is -4.51. The lowest BCUT2D eigenvalue weighted by Crippen LogP contribution is -2.40. The number of anilines is 1. The van der Waals surface area contributed by atoms with Gasteiger partial charge in [-0.05, 0) is 37.6 Å². The molecule has 2 N–H and O–H groups in total. The number of benzene rings is 1. The van der Waals surface area contributed by atoms with E-state index in [1.165, 1.54) is 12.1 Å². The van der Waals surface area contributed by atoms with Crippen LogP contribution in [-0.4, -0.2) is 18.5 Å². The zero-order valence-corrected chi connectivity index (χ0v) is 12.9. The van der Waals surface area contributed by atoms with Gasteiger partial charge in [0.2, 0.25) is 5.91 Å². The van der Waals surface area contributed by atoms with Crippen LogP contribution in [0.25, 0.3) is 0 Å². The van der Waals surface area contributed by atoms with E-state index in [4.69, 9.17) is 0 Å². The summed E-state index contributed by atoms with van der Waals surface area (Å²) in [5, 5.41) is 5.47. The standard InChI is InChI=1S/C14H16BrF3N2O/c15-9-5-6-11(10(8-9)14(16,17)18)20-13(21)12-4-2-1-3-7-19-12/h5-6,8,12,19H,1-4,7H2,(H,20,21). The molecule has 116 valence electrons. The maximum Gasteiger partial charge on any atom is 0.418 e. The number of rotatable bonds is 2. The number of hydrogen-bond acceptors (Lipinski definition) is 2. The molecule has 1 aromatic carbocycles. The van der Waals surface area contributed by atoms with Gasteiger partial charge in [-0.15, -0.1) is 0 Å². The van der Waals surface area contributed by atoms with Gasteiger partial charge in [-0.3, -0.25) is 4.79 Å². The van der Waals surface area contributed by atoms with E-state index in [1.807, 2.05) is 0 Å². The Morgan fingerprint density at radius 2 is 2.05 bits per heavy atom. The van der Waals surface area contributed by atoms with Crippen LogP contribution in [-0.2, 0) is 11.0 Å². The quantitative estimate of drug-likeness (QED) is 0.834. The van der Waals surface area contributed by atoms with Gasteiger partial charge in [0.15, 0.2) is 0 Å². The molecule has 3 nitrogen and oxygen atoms in total. The fourth-order valence-corrected chi connectivity index (χ4v) is 2.69. The Balaban J connectivity index is 2.17. The van der Waals surface area contributed by atoms with E-state index < -0.39 is 23.7 Å². The van der Waals surface area contributed by atoms with E-state index >= 15 is 0 Å². The van der Waals surface area contributed by atoms with Crippen LogP contribution in [0.1, 0.15) is 31.2 Å². The largest absolute Gasteiger partial charge is 0.418 e. The molecule has 21 heavy (non-hydrogen) atoms. The second-order valence-corrected chi connectivity index (χ2v) is 5.95. The summed E-state index contributed by atoms with van der Waals surface area (Å²) in [6, 6.07) is 3.28. The van der Waals surface area contributed by atoms with Gasteiger partial charge in [0.1, 0.15) is 0 Å². The maximum absolute atomic E-state index is 13.0. The number of alkyl halides is 3. The first kappa shape index (κ1) is 16.3. The van der Waals surface area contributed by atoms with Gasteiger partial charge in [-0.1, -0.05) is 28.8 Å². The Morgan fingerprint density at radius 3 is 2.76 bits per heavy atom. The zero-order valence-electron chi connectivity index (χ0n) is 11.3. The molecule has 2 rings (SSSR count). The molecule has 0 saturated carbocycles. The molecule has 0 spiro atoms. The molecular weight excluding hydrogens is 349 g/mol. The van der Waals surface area contributed by atoms with Crippen molar-refractivity contribution in [2.45, 2.75) is 37.9 Å². The van der Waals surface area contributed by atoms with Crippen LogP contribution in [0.3, 0.4) is 0 Å². The van der Waals surface area contributed by atoms with E-state index in [-0.39, 0.29) is 5.69 Å². The number of hydrogen-bond donors (Lipinski definition) is 2. The van der Waals surface area contributed by atoms with Crippen LogP contribution in [0.5, 0.6) is 0 Å². The highest BCUT2D eigenvalue weighted by Gasteiger charge is 2.34. The normalized spacial score (nSPS) is 19.9.